The van der Waals surface area contributed by atoms with Crippen LogP contribution < -0.4 is 14.8 Å². The van der Waals surface area contributed by atoms with E-state index in [1.165, 1.54) is 6.07 Å². The van der Waals surface area contributed by atoms with Gasteiger partial charge in [0, 0.05) is 41.7 Å². The summed E-state index contributed by atoms with van der Waals surface area (Å²) in [5.74, 6) is 0.266. The van der Waals surface area contributed by atoms with E-state index in [-0.39, 0.29) is 24.8 Å². The van der Waals surface area contributed by atoms with Crippen molar-refractivity contribution in [2.24, 2.45) is 0 Å². The van der Waals surface area contributed by atoms with Crippen LogP contribution in [0.1, 0.15) is 31.2 Å². The second-order valence-electron chi connectivity index (χ2n) is 7.40. The van der Waals surface area contributed by atoms with Crippen LogP contribution in [0.5, 0.6) is 11.5 Å². The molecule has 1 aliphatic heterocycles. The molecular formula is C21H22ClFN2O3. The highest BCUT2D eigenvalue weighted by molar-refractivity contribution is 6.31. The zero-order valence-electron chi connectivity index (χ0n) is 15.6. The van der Waals surface area contributed by atoms with Crippen molar-refractivity contribution in [1.29, 1.82) is 0 Å². The number of hydrogen-bond donors (Lipinski definition) is 1. The van der Waals surface area contributed by atoms with Gasteiger partial charge in [0.05, 0.1) is 6.54 Å². The summed E-state index contributed by atoms with van der Waals surface area (Å²) < 4.78 is 25.9. The van der Waals surface area contributed by atoms with Crippen molar-refractivity contribution in [1.82, 2.24) is 4.90 Å². The highest BCUT2D eigenvalue weighted by atomic mass is 35.5. The predicted octanol–water partition coefficient (Wildman–Crippen LogP) is 4.59. The third kappa shape index (κ3) is 3.93. The zero-order valence-corrected chi connectivity index (χ0v) is 16.4. The molecule has 148 valence electrons. The van der Waals surface area contributed by atoms with Crippen molar-refractivity contribution in [3.8, 4) is 11.5 Å². The van der Waals surface area contributed by atoms with Crippen molar-refractivity contribution in [2.45, 2.75) is 38.0 Å². The molecule has 2 aliphatic rings. The minimum Gasteiger partial charge on any atom is -0.448 e. The maximum absolute atomic E-state index is 13.9. The molecule has 28 heavy (non-hydrogen) atoms. The predicted molar refractivity (Wildman–Crippen MR) is 105 cm³/mol. The summed E-state index contributed by atoms with van der Waals surface area (Å²) in [6.07, 6.45) is 3.95. The van der Waals surface area contributed by atoms with Gasteiger partial charge < -0.3 is 14.8 Å². The van der Waals surface area contributed by atoms with Crippen molar-refractivity contribution in [3.63, 3.8) is 0 Å². The van der Waals surface area contributed by atoms with Crippen LogP contribution in [0.4, 0.5) is 10.1 Å². The normalized spacial score (nSPS) is 16.7. The first-order chi connectivity index (χ1) is 13.4. The summed E-state index contributed by atoms with van der Waals surface area (Å²) in [7, 11) is 1.74. The minimum atomic E-state index is -0.524. The van der Waals surface area contributed by atoms with E-state index in [1.54, 1.807) is 36.2 Å². The third-order valence-electron chi connectivity index (χ3n) is 5.09. The Hall–Kier alpha value is -2.31. The van der Waals surface area contributed by atoms with E-state index in [9.17, 15) is 9.18 Å². The van der Waals surface area contributed by atoms with Gasteiger partial charge >= 0.3 is 0 Å². The van der Waals surface area contributed by atoms with Crippen molar-refractivity contribution in [3.05, 3.63) is 52.8 Å². The Morgan fingerprint density at radius 3 is 2.71 bits per heavy atom. The lowest BCUT2D eigenvalue weighted by Crippen LogP contribution is -2.34. The molecule has 5 nitrogen and oxygen atoms in total. The Morgan fingerprint density at radius 2 is 1.96 bits per heavy atom. The van der Waals surface area contributed by atoms with Crippen LogP contribution in [0.3, 0.4) is 0 Å². The van der Waals surface area contributed by atoms with Crippen LogP contribution in [0.15, 0.2) is 36.4 Å². The highest BCUT2D eigenvalue weighted by Crippen LogP contribution is 2.47. The summed E-state index contributed by atoms with van der Waals surface area (Å²) in [6, 6.07) is 9.95. The quantitative estimate of drug-likeness (QED) is 0.791. The van der Waals surface area contributed by atoms with Gasteiger partial charge in [0.2, 0.25) is 5.91 Å². The van der Waals surface area contributed by atoms with E-state index >= 15 is 0 Å². The molecule has 0 saturated heterocycles. The van der Waals surface area contributed by atoms with Crippen molar-refractivity contribution < 1.29 is 18.7 Å². The Morgan fingerprint density at radius 1 is 1.21 bits per heavy atom. The molecule has 1 heterocycles. The molecule has 1 spiro atoms. The van der Waals surface area contributed by atoms with E-state index in [1.807, 2.05) is 6.07 Å². The minimum absolute atomic E-state index is 0.100. The molecule has 1 N–H and O–H groups in total. The average Bonchev–Trinajstić information content (AvgIpc) is 3.24. The third-order valence-corrected chi connectivity index (χ3v) is 5.44. The first kappa shape index (κ1) is 19.0. The summed E-state index contributed by atoms with van der Waals surface area (Å²) in [5.41, 5.74) is 1.02. The van der Waals surface area contributed by atoms with Gasteiger partial charge in [-0.2, -0.15) is 0 Å². The number of carbonyl (C=O) groups excluding carboxylic acids is 1. The van der Waals surface area contributed by atoms with Crippen LogP contribution in [-0.2, 0) is 11.3 Å². The van der Waals surface area contributed by atoms with Gasteiger partial charge in [0.1, 0.15) is 5.82 Å². The van der Waals surface area contributed by atoms with Crippen molar-refractivity contribution in [2.75, 3.05) is 18.9 Å². The number of nitrogens with one attached hydrogen (secondary N) is 1. The molecule has 1 aliphatic carbocycles. The number of likely N-dealkylation sites (N-methyl/N-ethyl adjacent to an activating group) is 1. The fraction of sp³-hybridized carbons (Fsp3) is 0.381. The number of anilines is 1. The standard InChI is InChI=1S/C21H22ClFN2O3/c1-25(12-15-16(22)5-4-6-17(15)23)13-20(26)24-14-7-8-18-19(11-14)28-21(27-18)9-2-3-10-21/h4-8,11H,2-3,9-10,12-13H2,1H3,(H,24,26). The molecule has 2 aromatic carbocycles. The van der Waals surface area contributed by atoms with Gasteiger partial charge in [-0.15, -0.1) is 0 Å². The molecule has 2 aromatic rings. The Kier molecular flexibility index (Phi) is 5.17. The Balaban J connectivity index is 1.36. The lowest BCUT2D eigenvalue weighted by atomic mass is 10.2. The van der Waals surface area contributed by atoms with E-state index in [0.717, 1.165) is 25.7 Å². The zero-order chi connectivity index (χ0) is 19.7. The number of ether oxygens (including phenoxy) is 2. The van der Waals surface area contributed by atoms with Crippen LogP contribution in [0, 0.1) is 5.82 Å². The molecule has 1 saturated carbocycles. The number of nitrogens with zero attached hydrogens (tertiary/aromatic N) is 1. The summed E-state index contributed by atoms with van der Waals surface area (Å²) in [6.45, 7) is 0.339. The van der Waals surface area contributed by atoms with Crippen LogP contribution in [-0.4, -0.2) is 30.2 Å². The van der Waals surface area contributed by atoms with E-state index < -0.39 is 5.79 Å². The molecule has 0 unspecified atom stereocenters. The van der Waals surface area contributed by atoms with Crippen LogP contribution in [0.25, 0.3) is 0 Å². The molecule has 0 atom stereocenters. The van der Waals surface area contributed by atoms with Crippen molar-refractivity contribution >= 4 is 23.2 Å². The van der Waals surface area contributed by atoms with E-state index in [4.69, 9.17) is 21.1 Å². The van der Waals surface area contributed by atoms with E-state index in [2.05, 4.69) is 5.32 Å². The first-order valence-electron chi connectivity index (χ1n) is 9.37. The number of amides is 1. The number of halogens is 2. The number of carbonyl (C=O) groups is 1. The molecular weight excluding hydrogens is 383 g/mol. The topological polar surface area (TPSA) is 50.8 Å². The number of benzene rings is 2. The maximum atomic E-state index is 13.9. The largest absolute Gasteiger partial charge is 0.448 e. The van der Waals surface area contributed by atoms with Gasteiger partial charge in [-0.3, -0.25) is 9.69 Å². The molecule has 0 aromatic heterocycles. The maximum Gasteiger partial charge on any atom is 0.251 e. The van der Waals surface area contributed by atoms with Gasteiger partial charge in [0.15, 0.2) is 11.5 Å². The molecule has 0 radical (unpaired) electrons. The van der Waals surface area contributed by atoms with Crippen LogP contribution in [0.2, 0.25) is 5.02 Å². The summed E-state index contributed by atoms with van der Waals surface area (Å²) in [5, 5.41) is 3.20. The molecule has 1 amide bonds. The smallest absolute Gasteiger partial charge is 0.251 e. The highest BCUT2D eigenvalue weighted by Gasteiger charge is 2.44. The fourth-order valence-corrected chi connectivity index (χ4v) is 3.97. The SMILES string of the molecule is CN(CC(=O)Nc1ccc2c(c1)OC1(CCCC1)O2)Cc1c(F)cccc1Cl. The summed E-state index contributed by atoms with van der Waals surface area (Å²) in [4.78, 5) is 14.1. The van der Waals surface area contributed by atoms with Gasteiger partial charge in [-0.1, -0.05) is 17.7 Å². The molecule has 7 heteroatoms. The number of fused-ring (bicyclic) bond motifs is 1. The monoisotopic (exact) mass is 404 g/mol. The van der Waals surface area contributed by atoms with Gasteiger partial charge in [-0.05, 0) is 44.2 Å². The van der Waals surface area contributed by atoms with Crippen LogP contribution >= 0.6 is 11.6 Å². The first-order valence-corrected chi connectivity index (χ1v) is 9.75. The van der Waals surface area contributed by atoms with Gasteiger partial charge in [-0.25, -0.2) is 4.39 Å². The van der Waals surface area contributed by atoms with E-state index in [0.29, 0.717) is 27.8 Å². The molecule has 0 bridgehead atoms. The Labute approximate surface area is 168 Å². The fourth-order valence-electron chi connectivity index (χ4n) is 3.74. The Bertz CT molecular complexity index is 879. The lowest BCUT2D eigenvalue weighted by Gasteiger charge is -2.21. The number of rotatable bonds is 5. The molecule has 1 fully saturated rings. The lowest BCUT2D eigenvalue weighted by molar-refractivity contribution is -0.117. The second kappa shape index (κ2) is 7.60. The van der Waals surface area contributed by atoms with Gasteiger partial charge in [0.25, 0.3) is 5.79 Å². The number of hydrogen-bond acceptors (Lipinski definition) is 4. The summed E-state index contributed by atoms with van der Waals surface area (Å²) >= 11 is 6.05. The molecule has 4 rings (SSSR count). The average molecular weight is 405 g/mol. The second-order valence-corrected chi connectivity index (χ2v) is 7.81.